The Morgan fingerprint density at radius 3 is 2.81 bits per heavy atom. The Morgan fingerprint density at radius 2 is 2.08 bits per heavy atom. The molecule has 1 aliphatic carbocycles. The molecule has 5 heteroatoms. The first kappa shape index (κ1) is 18.5. The smallest absolute Gasteiger partial charge is 0.265 e. The molecule has 1 saturated carbocycles. The molecule has 0 bridgehead atoms. The molecular formula is C21H28N2O3. The van der Waals surface area contributed by atoms with Gasteiger partial charge in [-0.15, -0.1) is 0 Å². The molecule has 0 atom stereocenters. The summed E-state index contributed by atoms with van der Waals surface area (Å²) < 4.78 is 5.55. The molecule has 1 aliphatic heterocycles. The number of carbonyl (C=O) groups is 2. The minimum Gasteiger partial charge on any atom is -0.481 e. The van der Waals surface area contributed by atoms with E-state index in [1.807, 2.05) is 19.1 Å². The van der Waals surface area contributed by atoms with E-state index in [1.54, 1.807) is 11.0 Å². The molecule has 0 radical (unpaired) electrons. The van der Waals surface area contributed by atoms with Gasteiger partial charge in [-0.3, -0.25) is 9.59 Å². The number of nitrogens with zero attached hydrogens (tertiary/aromatic N) is 1. The van der Waals surface area contributed by atoms with E-state index in [9.17, 15) is 9.59 Å². The van der Waals surface area contributed by atoms with E-state index in [4.69, 9.17) is 4.74 Å². The zero-order chi connectivity index (χ0) is 18.5. The van der Waals surface area contributed by atoms with Gasteiger partial charge in [0.1, 0.15) is 5.75 Å². The van der Waals surface area contributed by atoms with Gasteiger partial charge in [-0.1, -0.05) is 44.3 Å². The Balaban J connectivity index is 1.60. The van der Waals surface area contributed by atoms with Crippen LogP contribution in [0.15, 0.2) is 30.4 Å². The van der Waals surface area contributed by atoms with Crippen molar-refractivity contribution >= 4 is 23.2 Å². The lowest BCUT2D eigenvalue weighted by Gasteiger charge is -2.29. The van der Waals surface area contributed by atoms with Crippen molar-refractivity contribution in [3.63, 3.8) is 0 Å². The topological polar surface area (TPSA) is 58.6 Å². The Kier molecular flexibility index (Phi) is 5.96. The van der Waals surface area contributed by atoms with Crippen LogP contribution in [0, 0.1) is 5.92 Å². The van der Waals surface area contributed by atoms with Gasteiger partial charge in [0.05, 0.1) is 5.69 Å². The average molecular weight is 356 g/mol. The Labute approximate surface area is 155 Å². The summed E-state index contributed by atoms with van der Waals surface area (Å²) in [6, 6.07) is 5.45. The number of benzene rings is 1. The third kappa shape index (κ3) is 4.65. The van der Waals surface area contributed by atoms with Crippen molar-refractivity contribution in [1.82, 2.24) is 0 Å². The summed E-state index contributed by atoms with van der Waals surface area (Å²) in [5.74, 6) is 1.28. The monoisotopic (exact) mass is 356 g/mol. The number of fused-ring (bicyclic) bond motifs is 1. The number of carbonyl (C=O) groups excluding carboxylic acids is 2. The van der Waals surface area contributed by atoms with Gasteiger partial charge in [0.2, 0.25) is 5.91 Å². The number of ether oxygens (including phenoxy) is 1. The second kappa shape index (κ2) is 8.39. The fourth-order valence-electron chi connectivity index (χ4n) is 3.76. The molecule has 2 aliphatic rings. The maximum Gasteiger partial charge on any atom is 0.265 e. The second-order valence-electron chi connectivity index (χ2n) is 7.50. The molecule has 1 aromatic rings. The number of hydrogen-bond acceptors (Lipinski definition) is 3. The Morgan fingerprint density at radius 1 is 1.31 bits per heavy atom. The van der Waals surface area contributed by atoms with Crippen molar-refractivity contribution < 1.29 is 14.3 Å². The van der Waals surface area contributed by atoms with E-state index >= 15 is 0 Å². The van der Waals surface area contributed by atoms with Crippen LogP contribution in [0.5, 0.6) is 5.75 Å². The Hall–Kier alpha value is -2.30. The molecule has 5 nitrogen and oxygen atoms in total. The average Bonchev–Trinajstić information content (AvgIpc) is 2.63. The van der Waals surface area contributed by atoms with Gasteiger partial charge in [-0.05, 0) is 31.4 Å². The van der Waals surface area contributed by atoms with Crippen molar-refractivity contribution in [1.29, 1.82) is 0 Å². The first-order valence-corrected chi connectivity index (χ1v) is 9.54. The van der Waals surface area contributed by atoms with Crippen LogP contribution in [0.25, 0.3) is 0 Å². The highest BCUT2D eigenvalue weighted by Gasteiger charge is 2.25. The molecule has 2 amide bonds. The van der Waals surface area contributed by atoms with Crippen LogP contribution in [0.1, 0.15) is 51.9 Å². The van der Waals surface area contributed by atoms with Gasteiger partial charge in [-0.25, -0.2) is 0 Å². The lowest BCUT2D eigenvalue weighted by atomic mass is 9.86. The normalized spacial score (nSPS) is 17.4. The molecule has 1 heterocycles. The standard InChI is InChI=1S/C21H28N2O3/c1-15(2)13-23-18-10-9-17(12-19(18)26-14-21(23)25)22-20(24)11-8-16-6-4-3-5-7-16/h9-10,12,16H,1,3-8,11,13-14H2,2H3,(H,22,24). The van der Waals surface area contributed by atoms with E-state index in [-0.39, 0.29) is 18.4 Å². The van der Waals surface area contributed by atoms with Crippen LogP contribution in [-0.2, 0) is 9.59 Å². The molecular weight excluding hydrogens is 328 g/mol. The number of nitrogens with one attached hydrogen (secondary N) is 1. The highest BCUT2D eigenvalue weighted by molar-refractivity contribution is 5.99. The number of amides is 2. The fourth-order valence-corrected chi connectivity index (χ4v) is 3.76. The highest BCUT2D eigenvalue weighted by Crippen LogP contribution is 2.35. The van der Waals surface area contributed by atoms with Gasteiger partial charge in [-0.2, -0.15) is 0 Å². The van der Waals surface area contributed by atoms with Crippen LogP contribution >= 0.6 is 0 Å². The maximum atomic E-state index is 12.3. The first-order chi connectivity index (χ1) is 12.5. The SMILES string of the molecule is C=C(C)CN1C(=O)COc2cc(NC(=O)CCC3CCCCC3)ccc21. The minimum atomic E-state index is -0.0789. The number of rotatable bonds is 6. The summed E-state index contributed by atoms with van der Waals surface area (Å²) >= 11 is 0. The van der Waals surface area contributed by atoms with Crippen LogP contribution in [-0.4, -0.2) is 25.0 Å². The predicted octanol–water partition coefficient (Wildman–Crippen LogP) is 4.29. The molecule has 26 heavy (non-hydrogen) atoms. The van der Waals surface area contributed by atoms with E-state index in [1.165, 1.54) is 32.1 Å². The lowest BCUT2D eigenvalue weighted by Crippen LogP contribution is -2.39. The van der Waals surface area contributed by atoms with E-state index in [0.29, 0.717) is 30.3 Å². The quantitative estimate of drug-likeness (QED) is 0.774. The molecule has 1 aromatic carbocycles. The van der Waals surface area contributed by atoms with E-state index in [0.717, 1.165) is 17.7 Å². The highest BCUT2D eigenvalue weighted by atomic mass is 16.5. The van der Waals surface area contributed by atoms with Gasteiger partial charge < -0.3 is 15.0 Å². The van der Waals surface area contributed by atoms with E-state index in [2.05, 4.69) is 11.9 Å². The van der Waals surface area contributed by atoms with Crippen LogP contribution < -0.4 is 15.0 Å². The third-order valence-electron chi connectivity index (χ3n) is 5.12. The molecule has 0 unspecified atom stereocenters. The first-order valence-electron chi connectivity index (χ1n) is 9.54. The van der Waals surface area contributed by atoms with Crippen molar-refractivity contribution in [2.75, 3.05) is 23.4 Å². The number of hydrogen-bond donors (Lipinski definition) is 1. The van der Waals surface area contributed by atoms with E-state index < -0.39 is 0 Å². The summed E-state index contributed by atoms with van der Waals surface area (Å²) in [7, 11) is 0. The zero-order valence-electron chi connectivity index (χ0n) is 15.6. The lowest BCUT2D eigenvalue weighted by molar-refractivity contribution is -0.121. The second-order valence-corrected chi connectivity index (χ2v) is 7.50. The van der Waals surface area contributed by atoms with Crippen molar-refractivity contribution in [2.45, 2.75) is 51.9 Å². The molecule has 3 rings (SSSR count). The molecule has 0 saturated heterocycles. The van der Waals surface area contributed by atoms with Crippen molar-refractivity contribution in [3.05, 3.63) is 30.4 Å². The summed E-state index contributed by atoms with van der Waals surface area (Å²) in [5.41, 5.74) is 2.35. The van der Waals surface area contributed by atoms with Crippen LogP contribution in [0.2, 0.25) is 0 Å². The van der Waals surface area contributed by atoms with Gasteiger partial charge in [0.15, 0.2) is 6.61 Å². The molecule has 1 fully saturated rings. The molecule has 0 aromatic heterocycles. The zero-order valence-corrected chi connectivity index (χ0v) is 15.6. The Bertz CT molecular complexity index is 692. The summed E-state index contributed by atoms with van der Waals surface area (Å²) in [5, 5.41) is 2.96. The number of anilines is 2. The van der Waals surface area contributed by atoms with Crippen molar-refractivity contribution in [2.24, 2.45) is 5.92 Å². The van der Waals surface area contributed by atoms with Gasteiger partial charge in [0, 0.05) is 24.7 Å². The minimum absolute atomic E-state index is 0.0133. The summed E-state index contributed by atoms with van der Waals surface area (Å²) in [6.07, 6.45) is 7.97. The molecule has 1 N–H and O–H groups in total. The van der Waals surface area contributed by atoms with Gasteiger partial charge in [0.25, 0.3) is 5.91 Å². The summed E-state index contributed by atoms with van der Waals surface area (Å²) in [6.45, 7) is 6.26. The van der Waals surface area contributed by atoms with Crippen molar-refractivity contribution in [3.8, 4) is 5.75 Å². The third-order valence-corrected chi connectivity index (χ3v) is 5.12. The predicted molar refractivity (Wildman–Crippen MR) is 104 cm³/mol. The largest absolute Gasteiger partial charge is 0.481 e. The summed E-state index contributed by atoms with van der Waals surface area (Å²) in [4.78, 5) is 26.0. The van der Waals surface area contributed by atoms with Crippen LogP contribution in [0.4, 0.5) is 11.4 Å². The maximum absolute atomic E-state index is 12.3. The molecule has 0 spiro atoms. The van der Waals surface area contributed by atoms with Crippen LogP contribution in [0.3, 0.4) is 0 Å². The van der Waals surface area contributed by atoms with Gasteiger partial charge >= 0.3 is 0 Å². The molecule has 140 valence electrons. The fraction of sp³-hybridized carbons (Fsp3) is 0.524.